The van der Waals surface area contributed by atoms with E-state index >= 15 is 0 Å². The Morgan fingerprint density at radius 3 is 2.78 bits per heavy atom. The van der Waals surface area contributed by atoms with E-state index in [0.717, 1.165) is 80.9 Å². The van der Waals surface area contributed by atoms with Gasteiger partial charge in [-0.25, -0.2) is 14.5 Å². The average Bonchev–Trinajstić information content (AvgIpc) is 3.48. The molecule has 0 bridgehead atoms. The zero-order chi connectivity index (χ0) is 24.7. The Morgan fingerprint density at radius 1 is 1.22 bits per heavy atom. The minimum atomic E-state index is -0.193. The van der Waals surface area contributed by atoms with Crippen molar-refractivity contribution in [1.82, 2.24) is 19.6 Å². The van der Waals surface area contributed by atoms with Crippen molar-refractivity contribution in [3.63, 3.8) is 0 Å². The highest BCUT2D eigenvalue weighted by Crippen LogP contribution is 2.41. The van der Waals surface area contributed by atoms with Crippen LogP contribution in [0.3, 0.4) is 0 Å². The summed E-state index contributed by atoms with van der Waals surface area (Å²) in [6.45, 7) is 6.39. The number of nitrogens with zero attached hydrogens (tertiary/aromatic N) is 5. The molecule has 3 aliphatic rings. The minimum Gasteiger partial charge on any atom is -0.393 e. The molecule has 1 saturated carbocycles. The third kappa shape index (κ3) is 4.44. The lowest BCUT2D eigenvalue weighted by atomic mass is 9.85. The number of aliphatic hydroxyl groups excluding tert-OH is 1. The second-order valence-corrected chi connectivity index (χ2v) is 10.9. The number of pyridine rings is 1. The summed E-state index contributed by atoms with van der Waals surface area (Å²) in [6.07, 6.45) is 8.37. The van der Waals surface area contributed by atoms with Gasteiger partial charge in [0.2, 0.25) is 5.95 Å². The fourth-order valence-corrected chi connectivity index (χ4v) is 6.00. The maximum Gasteiger partial charge on any atom is 0.241 e. The molecule has 9 heteroatoms. The number of anilines is 2. The van der Waals surface area contributed by atoms with E-state index < -0.39 is 0 Å². The van der Waals surface area contributed by atoms with Crippen LogP contribution in [-0.4, -0.2) is 76.9 Å². The van der Waals surface area contributed by atoms with Crippen molar-refractivity contribution in [2.24, 2.45) is 5.41 Å². The van der Waals surface area contributed by atoms with E-state index in [1.165, 1.54) is 5.69 Å². The van der Waals surface area contributed by atoms with Gasteiger partial charge in [-0.3, -0.25) is 0 Å². The molecule has 0 radical (unpaired) electrons. The van der Waals surface area contributed by atoms with Crippen molar-refractivity contribution in [2.75, 3.05) is 50.2 Å². The van der Waals surface area contributed by atoms with E-state index in [4.69, 9.17) is 19.6 Å². The molecule has 6 rings (SSSR count). The summed E-state index contributed by atoms with van der Waals surface area (Å²) in [5.74, 6) is 1.96. The van der Waals surface area contributed by atoms with Gasteiger partial charge in [-0.1, -0.05) is 0 Å². The van der Waals surface area contributed by atoms with Crippen molar-refractivity contribution in [3.8, 4) is 11.1 Å². The summed E-state index contributed by atoms with van der Waals surface area (Å²) >= 11 is 0. The van der Waals surface area contributed by atoms with Gasteiger partial charge in [0, 0.05) is 55.0 Å². The molecule has 0 unspecified atom stereocenters. The van der Waals surface area contributed by atoms with Crippen LogP contribution in [0.2, 0.25) is 0 Å². The quantitative estimate of drug-likeness (QED) is 0.518. The molecular formula is C27H36N6O3. The summed E-state index contributed by atoms with van der Waals surface area (Å²) in [5.41, 5.74) is 4.74. The summed E-state index contributed by atoms with van der Waals surface area (Å²) in [7, 11) is 1.70. The van der Waals surface area contributed by atoms with Gasteiger partial charge in [-0.2, -0.15) is 0 Å². The molecule has 0 amide bonds. The Balaban J connectivity index is 1.36. The van der Waals surface area contributed by atoms with Crippen LogP contribution in [0.5, 0.6) is 0 Å². The lowest BCUT2D eigenvalue weighted by molar-refractivity contribution is -0.0985. The smallest absolute Gasteiger partial charge is 0.241 e. The maximum absolute atomic E-state index is 10.1. The van der Waals surface area contributed by atoms with E-state index in [-0.39, 0.29) is 12.1 Å². The maximum atomic E-state index is 10.1. The SMILES string of the molecule is COC[C@H](C)Nc1ncc2c(-c3ccnc(N4CCC5(COC5)C4)c3)cc([C@H]3CC[C@H](O)CC3)n2n1. The summed E-state index contributed by atoms with van der Waals surface area (Å²) in [6, 6.07) is 6.66. The number of hydrogen-bond acceptors (Lipinski definition) is 8. The Bertz CT molecular complexity index is 1220. The van der Waals surface area contributed by atoms with Crippen LogP contribution in [-0.2, 0) is 9.47 Å². The van der Waals surface area contributed by atoms with Crippen molar-refractivity contribution in [3.05, 3.63) is 36.3 Å². The van der Waals surface area contributed by atoms with Crippen LogP contribution in [0.4, 0.5) is 11.8 Å². The highest BCUT2D eigenvalue weighted by Gasteiger charge is 2.44. The summed E-state index contributed by atoms with van der Waals surface area (Å²) in [4.78, 5) is 11.8. The molecule has 192 valence electrons. The van der Waals surface area contributed by atoms with Crippen molar-refractivity contribution in [1.29, 1.82) is 0 Å². The third-order valence-corrected chi connectivity index (χ3v) is 8.09. The van der Waals surface area contributed by atoms with Crippen molar-refractivity contribution >= 4 is 17.3 Å². The minimum absolute atomic E-state index is 0.100. The molecule has 5 heterocycles. The summed E-state index contributed by atoms with van der Waals surface area (Å²) < 4.78 is 12.8. The van der Waals surface area contributed by atoms with Crippen LogP contribution < -0.4 is 10.2 Å². The van der Waals surface area contributed by atoms with Crippen LogP contribution >= 0.6 is 0 Å². The van der Waals surface area contributed by atoms with Gasteiger partial charge in [-0.15, -0.1) is 5.10 Å². The molecule has 2 saturated heterocycles. The topological polar surface area (TPSA) is 97.0 Å². The number of methoxy groups -OCH3 is 1. The van der Waals surface area contributed by atoms with Gasteiger partial charge in [0.25, 0.3) is 0 Å². The van der Waals surface area contributed by atoms with Gasteiger partial charge in [0.1, 0.15) is 5.82 Å². The molecule has 9 nitrogen and oxygen atoms in total. The molecule has 1 aliphatic carbocycles. The standard InChI is InChI=1S/C27H36N6O3/c1-18(14-35-2)30-26-29-13-24-22(12-23(33(24)31-26)19-3-5-21(34)6-4-19)20-7-9-28-25(11-20)32-10-8-27(15-32)16-36-17-27/h7,9,11-13,18-19,21,34H,3-6,8,10,14-17H2,1-2H3,(H,30,31)/t18-,19-,21-/m0/s1. The Hall–Kier alpha value is -2.75. The lowest BCUT2D eigenvalue weighted by Gasteiger charge is -2.37. The van der Waals surface area contributed by atoms with E-state index in [0.29, 0.717) is 23.9 Å². The van der Waals surface area contributed by atoms with Gasteiger partial charge < -0.3 is 24.8 Å². The molecule has 1 spiro atoms. The number of aromatic nitrogens is 4. The highest BCUT2D eigenvalue weighted by atomic mass is 16.5. The molecule has 3 fully saturated rings. The van der Waals surface area contributed by atoms with Gasteiger partial charge >= 0.3 is 0 Å². The molecule has 0 aromatic carbocycles. The Kier molecular flexibility index (Phi) is 6.31. The Labute approximate surface area is 211 Å². The number of rotatable bonds is 7. The fourth-order valence-electron chi connectivity index (χ4n) is 6.00. The molecule has 2 N–H and O–H groups in total. The molecule has 2 aliphatic heterocycles. The monoisotopic (exact) mass is 492 g/mol. The first-order valence-electron chi connectivity index (χ1n) is 13.1. The zero-order valence-electron chi connectivity index (χ0n) is 21.2. The average molecular weight is 493 g/mol. The number of ether oxygens (including phenoxy) is 2. The predicted octanol–water partition coefficient (Wildman–Crippen LogP) is 3.48. The van der Waals surface area contributed by atoms with Crippen LogP contribution in [0.15, 0.2) is 30.6 Å². The molecule has 36 heavy (non-hydrogen) atoms. The number of aliphatic hydroxyl groups is 1. The first-order valence-corrected chi connectivity index (χ1v) is 13.1. The normalized spacial score (nSPS) is 24.2. The van der Waals surface area contributed by atoms with Gasteiger partial charge in [0.15, 0.2) is 0 Å². The molecular weight excluding hydrogens is 456 g/mol. The van der Waals surface area contributed by atoms with Crippen LogP contribution in [0, 0.1) is 5.41 Å². The second-order valence-electron chi connectivity index (χ2n) is 10.9. The van der Waals surface area contributed by atoms with Crippen LogP contribution in [0.1, 0.15) is 50.6 Å². The van der Waals surface area contributed by atoms with Gasteiger partial charge in [-0.05, 0) is 62.8 Å². The predicted molar refractivity (Wildman–Crippen MR) is 138 cm³/mol. The largest absolute Gasteiger partial charge is 0.393 e. The lowest BCUT2D eigenvalue weighted by Crippen LogP contribution is -2.44. The van der Waals surface area contributed by atoms with E-state index in [2.05, 4.69) is 44.8 Å². The van der Waals surface area contributed by atoms with Crippen molar-refractivity contribution < 1.29 is 14.6 Å². The summed E-state index contributed by atoms with van der Waals surface area (Å²) in [5, 5.41) is 18.3. The third-order valence-electron chi connectivity index (χ3n) is 8.09. The van der Waals surface area contributed by atoms with Gasteiger partial charge in [0.05, 0.1) is 37.6 Å². The van der Waals surface area contributed by atoms with Crippen molar-refractivity contribution in [2.45, 2.75) is 57.1 Å². The molecule has 1 atom stereocenters. The fraction of sp³-hybridized carbons (Fsp3) is 0.593. The molecule has 3 aromatic rings. The number of nitrogens with one attached hydrogen (secondary N) is 1. The Morgan fingerprint density at radius 2 is 2.06 bits per heavy atom. The number of fused-ring (bicyclic) bond motifs is 1. The van der Waals surface area contributed by atoms with Crippen LogP contribution in [0.25, 0.3) is 16.6 Å². The first-order chi connectivity index (χ1) is 17.5. The van der Waals surface area contributed by atoms with E-state index in [1.807, 2.05) is 12.4 Å². The highest BCUT2D eigenvalue weighted by molar-refractivity contribution is 5.82. The second kappa shape index (κ2) is 9.61. The van der Waals surface area contributed by atoms with E-state index in [1.54, 1.807) is 7.11 Å². The van der Waals surface area contributed by atoms with E-state index in [9.17, 15) is 5.11 Å². The molecule has 3 aromatic heterocycles. The first kappa shape index (κ1) is 23.6. The number of hydrogen-bond donors (Lipinski definition) is 2. The zero-order valence-corrected chi connectivity index (χ0v) is 21.2.